The van der Waals surface area contributed by atoms with Crippen LogP contribution in [0.25, 0.3) is 146 Å². The largest absolute Gasteiger partial charge is 0.310 e. The number of para-hydroxylation sites is 2. The van der Waals surface area contributed by atoms with Gasteiger partial charge in [-0.2, -0.15) is 0 Å². The Morgan fingerprint density at radius 2 is 0.544 bits per heavy atom. The minimum atomic E-state index is -0.150. The SMILES string of the molecule is C=Cc1cc(C=C)cc(-n2c3ccccc3c3cc(-c4ccc(N(c5ccc(-c6ccccc6)cc5)c5ccc6c(c5)C(C)(C)c5ccccc5-6)cc4)ccc32)c1.C=Cc1ccc(-n2c3ccccc3c3cc(-c4ccc(N(c5ccc(-c6ccccc6)cc5)c5ccc6c(c5)C(C)(C)c5cc(C=C)ccc5-6)cc4)ccc32)cc1. The third kappa shape index (κ3) is 12.2. The normalized spacial score (nSPS) is 12.7. The minimum Gasteiger partial charge on any atom is -0.310 e. The Hall–Kier alpha value is -14.3. The molecular formula is C110H84N4. The molecule has 0 radical (unpaired) electrons. The highest BCUT2D eigenvalue weighted by Crippen LogP contribution is 2.54. The van der Waals surface area contributed by atoms with E-state index in [4.69, 9.17) is 0 Å². The monoisotopic (exact) mass is 1460 g/mol. The lowest BCUT2D eigenvalue weighted by Crippen LogP contribution is -2.16. The van der Waals surface area contributed by atoms with Crippen molar-refractivity contribution < 1.29 is 0 Å². The van der Waals surface area contributed by atoms with Crippen molar-refractivity contribution in [3.63, 3.8) is 0 Å². The van der Waals surface area contributed by atoms with Gasteiger partial charge in [0, 0.05) is 77.9 Å². The first-order chi connectivity index (χ1) is 55.8. The van der Waals surface area contributed by atoms with E-state index in [-0.39, 0.29) is 10.8 Å². The number of aromatic nitrogens is 2. The molecule has 0 aliphatic heterocycles. The lowest BCUT2D eigenvalue weighted by atomic mass is 9.81. The maximum Gasteiger partial charge on any atom is 0.0541 e. The second kappa shape index (κ2) is 28.5. The van der Waals surface area contributed by atoms with Crippen molar-refractivity contribution in [1.29, 1.82) is 0 Å². The molecule has 0 saturated carbocycles. The summed E-state index contributed by atoms with van der Waals surface area (Å²) in [6.45, 7) is 25.4. The van der Waals surface area contributed by atoms with Gasteiger partial charge in [-0.15, -0.1) is 0 Å². The van der Waals surface area contributed by atoms with Crippen LogP contribution in [0, 0.1) is 0 Å². The molecule has 2 aliphatic carbocycles. The Morgan fingerprint density at radius 3 is 0.991 bits per heavy atom. The zero-order valence-corrected chi connectivity index (χ0v) is 64.6. The Kier molecular flexibility index (Phi) is 17.5. The van der Waals surface area contributed by atoms with Crippen LogP contribution in [-0.2, 0) is 10.8 Å². The summed E-state index contributed by atoms with van der Waals surface area (Å²) in [5.41, 5.74) is 38.1. The average molecular weight is 1460 g/mol. The molecule has 0 saturated heterocycles. The van der Waals surface area contributed by atoms with E-state index < -0.39 is 0 Å². The van der Waals surface area contributed by atoms with Crippen LogP contribution in [0.15, 0.2) is 390 Å². The topological polar surface area (TPSA) is 16.3 Å². The summed E-state index contributed by atoms with van der Waals surface area (Å²) < 4.78 is 4.72. The van der Waals surface area contributed by atoms with E-state index in [2.05, 4.69) is 437 Å². The van der Waals surface area contributed by atoms with E-state index in [1.807, 2.05) is 24.3 Å². The molecular weight excluding hydrogens is 1380 g/mol. The van der Waals surface area contributed by atoms with E-state index in [0.717, 1.165) is 67.8 Å². The van der Waals surface area contributed by atoms with Crippen molar-refractivity contribution in [2.24, 2.45) is 0 Å². The Labute approximate surface area is 668 Å². The van der Waals surface area contributed by atoms with Crippen molar-refractivity contribution in [2.45, 2.75) is 38.5 Å². The van der Waals surface area contributed by atoms with Gasteiger partial charge in [0.2, 0.25) is 0 Å². The second-order valence-electron chi connectivity index (χ2n) is 31.1. The van der Waals surface area contributed by atoms with Crippen LogP contribution in [-0.4, -0.2) is 9.13 Å². The quantitative estimate of drug-likeness (QED) is 0.0959. The summed E-state index contributed by atoms with van der Waals surface area (Å²) in [7, 11) is 0. The maximum absolute atomic E-state index is 4.05. The summed E-state index contributed by atoms with van der Waals surface area (Å²) in [6.07, 6.45) is 7.63. The number of nitrogens with zero attached hydrogens (tertiary/aromatic N) is 4. The zero-order valence-electron chi connectivity index (χ0n) is 64.6. The van der Waals surface area contributed by atoms with Gasteiger partial charge in [-0.25, -0.2) is 0 Å². The van der Waals surface area contributed by atoms with E-state index in [9.17, 15) is 0 Å². The molecule has 0 spiro atoms. The molecule has 16 aromatic carbocycles. The highest BCUT2D eigenvalue weighted by molar-refractivity contribution is 6.12. The highest BCUT2D eigenvalue weighted by atomic mass is 15.1. The van der Waals surface area contributed by atoms with Crippen LogP contribution in [0.1, 0.15) is 72.2 Å². The molecule has 0 atom stereocenters. The predicted octanol–water partition coefficient (Wildman–Crippen LogP) is 30.4. The summed E-state index contributed by atoms with van der Waals surface area (Å²) in [6, 6.07) is 133. The number of fused-ring (bicyclic) bond motifs is 12. The van der Waals surface area contributed by atoms with Crippen LogP contribution < -0.4 is 9.80 Å². The molecule has 4 nitrogen and oxygen atoms in total. The highest BCUT2D eigenvalue weighted by Gasteiger charge is 2.38. The molecule has 0 amide bonds. The fraction of sp³-hybridized carbons (Fsp3) is 0.0545. The third-order valence-electron chi connectivity index (χ3n) is 23.8. The molecule has 20 rings (SSSR count). The lowest BCUT2D eigenvalue weighted by molar-refractivity contribution is 0.660. The second-order valence-corrected chi connectivity index (χ2v) is 31.1. The Morgan fingerprint density at radius 1 is 0.219 bits per heavy atom. The average Bonchev–Trinajstić information content (AvgIpc) is 1.62. The number of hydrogen-bond donors (Lipinski definition) is 0. The van der Waals surface area contributed by atoms with Crippen LogP contribution in [0.4, 0.5) is 34.1 Å². The van der Waals surface area contributed by atoms with Gasteiger partial charge in [0.1, 0.15) is 0 Å². The predicted molar refractivity (Wildman–Crippen MR) is 488 cm³/mol. The van der Waals surface area contributed by atoms with Gasteiger partial charge in [0.05, 0.1) is 22.1 Å². The number of hydrogen-bond acceptors (Lipinski definition) is 2. The molecule has 0 fully saturated rings. The van der Waals surface area contributed by atoms with Gasteiger partial charge >= 0.3 is 0 Å². The molecule has 0 bridgehead atoms. The van der Waals surface area contributed by atoms with Crippen LogP contribution in [0.5, 0.6) is 0 Å². The summed E-state index contributed by atoms with van der Waals surface area (Å²) in [5, 5.41) is 4.92. The lowest BCUT2D eigenvalue weighted by Gasteiger charge is -2.28. The van der Waals surface area contributed by atoms with Crippen molar-refractivity contribution in [3.05, 3.63) is 435 Å². The summed E-state index contributed by atoms with van der Waals surface area (Å²) in [5.74, 6) is 0. The standard InChI is InChI=1S/2C55H42N2/c1-5-37-32-38(6-2)34-46(33-37)57-53-19-13-11-17-49(53)50-35-42(24-31-54(50)57)41-22-27-44(28-23-41)56(43-25-20-40(21-26-43)39-14-8-7-9-15-39)45-29-30-48-47-16-10-12-18-51(47)55(3,4)52(48)36-45;1-5-37-16-24-45(25-17-37)57-53-15-11-10-14-49(53)50-35-42(23-33-54(50)57)41-21-28-44(29-22-41)56(43-26-19-40(20-27-43)39-12-8-7-9-13-39)46-30-32-48-47-31-18-38(6-2)34-51(47)55(3,4)52(48)36-46/h2*5-36H,1-2H2,3-4H3. The third-order valence-corrected chi connectivity index (χ3v) is 23.8. The molecule has 18 aromatic rings. The fourth-order valence-corrected chi connectivity index (χ4v) is 17.9. The van der Waals surface area contributed by atoms with Crippen molar-refractivity contribution in [3.8, 4) is 78.1 Å². The van der Waals surface area contributed by atoms with E-state index in [1.165, 1.54) is 133 Å². The Bertz CT molecular complexity index is 6780. The van der Waals surface area contributed by atoms with E-state index in [0.29, 0.717) is 0 Å². The number of anilines is 6. The molecule has 544 valence electrons. The number of benzene rings is 16. The molecule has 4 heteroatoms. The van der Waals surface area contributed by atoms with Gasteiger partial charge in [0.15, 0.2) is 0 Å². The molecule has 2 aromatic heterocycles. The zero-order chi connectivity index (χ0) is 77.3. The smallest absolute Gasteiger partial charge is 0.0541 e. The van der Waals surface area contributed by atoms with E-state index >= 15 is 0 Å². The van der Waals surface area contributed by atoms with Gasteiger partial charge in [-0.05, 0) is 251 Å². The molecule has 114 heavy (non-hydrogen) atoms. The first-order valence-electron chi connectivity index (χ1n) is 39.3. The first-order valence-corrected chi connectivity index (χ1v) is 39.3. The fourth-order valence-electron chi connectivity index (χ4n) is 17.9. The Balaban J connectivity index is 0.000000153. The summed E-state index contributed by atoms with van der Waals surface area (Å²) in [4.78, 5) is 4.78. The molecule has 0 N–H and O–H groups in total. The first kappa shape index (κ1) is 70.1. The van der Waals surface area contributed by atoms with Crippen molar-refractivity contribution in [1.82, 2.24) is 9.13 Å². The molecule has 0 unspecified atom stereocenters. The van der Waals surface area contributed by atoms with Gasteiger partial charge < -0.3 is 18.9 Å². The number of rotatable bonds is 16. The maximum atomic E-state index is 4.05. The summed E-state index contributed by atoms with van der Waals surface area (Å²) >= 11 is 0. The van der Waals surface area contributed by atoms with Crippen LogP contribution >= 0.6 is 0 Å². The van der Waals surface area contributed by atoms with Gasteiger partial charge in [0.25, 0.3) is 0 Å². The van der Waals surface area contributed by atoms with Gasteiger partial charge in [-0.1, -0.05) is 303 Å². The van der Waals surface area contributed by atoms with E-state index in [1.54, 1.807) is 0 Å². The van der Waals surface area contributed by atoms with Crippen molar-refractivity contribution >= 4 is 102 Å². The molecule has 2 aliphatic rings. The minimum absolute atomic E-state index is 0.0984. The van der Waals surface area contributed by atoms with Crippen molar-refractivity contribution in [2.75, 3.05) is 9.80 Å². The molecule has 2 heterocycles. The van der Waals surface area contributed by atoms with Crippen LogP contribution in [0.2, 0.25) is 0 Å². The van der Waals surface area contributed by atoms with Gasteiger partial charge in [-0.3, -0.25) is 0 Å². The van der Waals surface area contributed by atoms with Crippen LogP contribution in [0.3, 0.4) is 0 Å².